The Morgan fingerprint density at radius 2 is 1.68 bits per heavy atom. The van der Waals surface area contributed by atoms with E-state index in [0.29, 0.717) is 29.6 Å². The molecule has 1 unspecified atom stereocenters. The van der Waals surface area contributed by atoms with Crippen LogP contribution in [0, 0.1) is 46.3 Å². The summed E-state index contributed by atoms with van der Waals surface area (Å²) in [5, 5.41) is 30.7. The maximum atomic E-state index is 11.3. The maximum absolute atomic E-state index is 11.3. The average Bonchev–Trinajstić information content (AvgIpc) is 2.93. The van der Waals surface area contributed by atoms with E-state index in [1.165, 1.54) is 6.42 Å². The molecule has 0 heterocycles. The van der Waals surface area contributed by atoms with Crippen molar-refractivity contribution in [3.8, 4) is 0 Å². The first-order valence-electron chi connectivity index (χ1n) is 11.2. The number of aliphatic hydroxyl groups excluding tert-OH is 2. The number of carbonyl (C=O) groups is 1. The smallest absolute Gasteiger partial charge is 1.00 e. The first kappa shape index (κ1) is 23.7. The quantitative estimate of drug-likeness (QED) is 0.602. The van der Waals surface area contributed by atoms with Gasteiger partial charge in [0.2, 0.25) is 0 Å². The van der Waals surface area contributed by atoms with Crippen LogP contribution in [0.15, 0.2) is 0 Å². The molecule has 4 aliphatic carbocycles. The SMILES string of the molecule is C[C@H](CC(=O)O)[C@H]1CC[C@H]2[C@@H]3[C@@H](O)CC4C[C@H](O)CC[C@]4(C)[C@H]3CC[C@]12C.[H-].[K+]. The Bertz CT molecular complexity index is 603. The summed E-state index contributed by atoms with van der Waals surface area (Å²) in [6, 6.07) is 0. The van der Waals surface area contributed by atoms with E-state index >= 15 is 0 Å². The normalized spacial score (nSPS) is 51.2. The van der Waals surface area contributed by atoms with Gasteiger partial charge < -0.3 is 16.7 Å². The molecule has 5 heteroatoms. The summed E-state index contributed by atoms with van der Waals surface area (Å²) in [7, 11) is 0. The van der Waals surface area contributed by atoms with E-state index in [9.17, 15) is 20.1 Å². The molecule has 4 fully saturated rings. The summed E-state index contributed by atoms with van der Waals surface area (Å²) in [6.45, 7) is 6.96. The number of carboxylic acid groups (broad SMARTS) is 1. The fraction of sp³-hybridized carbons (Fsp3) is 0.957. The summed E-state index contributed by atoms with van der Waals surface area (Å²) in [4.78, 5) is 11.3. The topological polar surface area (TPSA) is 77.8 Å². The van der Waals surface area contributed by atoms with Gasteiger partial charge in [-0.1, -0.05) is 20.8 Å². The summed E-state index contributed by atoms with van der Waals surface area (Å²) in [5.41, 5.74) is 0.434. The van der Waals surface area contributed by atoms with Gasteiger partial charge in [0.15, 0.2) is 0 Å². The average molecular weight is 419 g/mol. The maximum Gasteiger partial charge on any atom is 1.00 e. The second-order valence-electron chi connectivity index (χ2n) is 11.0. The van der Waals surface area contributed by atoms with Crippen molar-refractivity contribution < 1.29 is 72.9 Å². The van der Waals surface area contributed by atoms with Crippen LogP contribution < -0.4 is 51.4 Å². The minimum atomic E-state index is -0.683. The summed E-state index contributed by atoms with van der Waals surface area (Å²) in [5.74, 6) is 1.89. The van der Waals surface area contributed by atoms with Gasteiger partial charge in [0.05, 0.1) is 12.2 Å². The number of aliphatic hydroxyl groups is 2. The van der Waals surface area contributed by atoms with Crippen LogP contribution in [0.25, 0.3) is 0 Å². The number of carboxylic acids is 1. The number of fused-ring (bicyclic) bond motifs is 5. The summed E-state index contributed by atoms with van der Waals surface area (Å²) in [6.07, 6.45) is 8.12. The fourth-order valence-corrected chi connectivity index (χ4v) is 8.59. The molecule has 0 spiro atoms. The summed E-state index contributed by atoms with van der Waals surface area (Å²) >= 11 is 0. The van der Waals surface area contributed by atoms with Crippen LogP contribution >= 0.6 is 0 Å². The predicted octanol–water partition coefficient (Wildman–Crippen LogP) is 1.20. The van der Waals surface area contributed by atoms with E-state index < -0.39 is 5.97 Å². The van der Waals surface area contributed by atoms with Crippen LogP contribution in [0.5, 0.6) is 0 Å². The van der Waals surface area contributed by atoms with Crippen molar-refractivity contribution in [2.45, 2.75) is 90.8 Å². The molecule has 0 saturated heterocycles. The van der Waals surface area contributed by atoms with Crippen LogP contribution in [0.1, 0.15) is 80.0 Å². The molecule has 0 aromatic rings. The molecule has 0 bridgehead atoms. The number of rotatable bonds is 3. The standard InChI is InChI=1S/C23H38O4.K.H/c1-13(10-20(26)27)16-4-5-17-21-18(7-9-23(16,17)3)22(2)8-6-15(24)11-14(22)12-19(21)25;;/h13-19,21,24-25H,4-12H2,1-3H3,(H,26,27);;/q;+1;-1/t13-,14?,15-,16-,17+,18+,19+,21+,22+,23-;;/m1../s1. The van der Waals surface area contributed by atoms with E-state index in [1.807, 2.05) is 0 Å². The molecule has 4 saturated carbocycles. The van der Waals surface area contributed by atoms with E-state index in [0.717, 1.165) is 44.9 Å². The monoisotopic (exact) mass is 418 g/mol. The molecule has 0 aliphatic heterocycles. The predicted molar refractivity (Wildman–Crippen MR) is 105 cm³/mol. The van der Waals surface area contributed by atoms with Gasteiger partial charge in [-0.15, -0.1) is 0 Å². The van der Waals surface area contributed by atoms with Crippen molar-refractivity contribution in [3.05, 3.63) is 0 Å². The Kier molecular flexibility index (Phi) is 7.20. The van der Waals surface area contributed by atoms with Crippen LogP contribution in [0.4, 0.5) is 0 Å². The van der Waals surface area contributed by atoms with Crippen LogP contribution in [-0.2, 0) is 4.79 Å². The van der Waals surface area contributed by atoms with Crippen LogP contribution in [-0.4, -0.2) is 33.5 Å². The molecule has 3 N–H and O–H groups in total. The Morgan fingerprint density at radius 1 is 1.04 bits per heavy atom. The third kappa shape index (κ3) is 3.73. The minimum Gasteiger partial charge on any atom is -1.00 e. The van der Waals surface area contributed by atoms with Crippen molar-refractivity contribution in [3.63, 3.8) is 0 Å². The molecular weight excluding hydrogens is 379 g/mol. The van der Waals surface area contributed by atoms with Gasteiger partial charge in [0, 0.05) is 6.42 Å². The molecular formula is C23H39KO4. The second-order valence-corrected chi connectivity index (χ2v) is 11.0. The fourth-order valence-electron chi connectivity index (χ4n) is 8.59. The molecule has 156 valence electrons. The zero-order chi connectivity index (χ0) is 19.6. The van der Waals surface area contributed by atoms with Gasteiger partial charge in [0.25, 0.3) is 0 Å². The van der Waals surface area contributed by atoms with Gasteiger partial charge >= 0.3 is 57.4 Å². The van der Waals surface area contributed by atoms with Gasteiger partial charge in [-0.25, -0.2) is 0 Å². The molecule has 0 amide bonds. The van der Waals surface area contributed by atoms with Crippen LogP contribution in [0.3, 0.4) is 0 Å². The second kappa shape index (κ2) is 8.52. The molecule has 28 heavy (non-hydrogen) atoms. The molecule has 4 rings (SSSR count). The first-order chi connectivity index (χ1) is 12.7. The van der Waals surface area contributed by atoms with Gasteiger partial charge in [-0.3, -0.25) is 4.79 Å². The van der Waals surface area contributed by atoms with Crippen molar-refractivity contribution in [1.29, 1.82) is 0 Å². The van der Waals surface area contributed by atoms with Crippen molar-refractivity contribution >= 4 is 5.97 Å². The van der Waals surface area contributed by atoms with E-state index in [2.05, 4.69) is 20.8 Å². The van der Waals surface area contributed by atoms with E-state index in [-0.39, 0.29) is 88.2 Å². The molecule has 0 aromatic carbocycles. The Labute approximate surface area is 214 Å². The van der Waals surface area contributed by atoms with Gasteiger partial charge in [-0.2, -0.15) is 0 Å². The zero-order valence-electron chi connectivity index (χ0n) is 19.2. The zero-order valence-corrected chi connectivity index (χ0v) is 21.4. The number of hydrogen-bond donors (Lipinski definition) is 3. The largest absolute Gasteiger partial charge is 1.00 e. The van der Waals surface area contributed by atoms with Gasteiger partial charge in [0.1, 0.15) is 0 Å². The van der Waals surface area contributed by atoms with Crippen molar-refractivity contribution in [2.75, 3.05) is 0 Å². The van der Waals surface area contributed by atoms with Gasteiger partial charge in [-0.05, 0) is 97.7 Å². The summed E-state index contributed by atoms with van der Waals surface area (Å²) < 4.78 is 0. The minimum absolute atomic E-state index is 0. The third-order valence-corrected chi connectivity index (χ3v) is 9.91. The number of aliphatic carboxylic acids is 1. The Morgan fingerprint density at radius 3 is 2.36 bits per heavy atom. The molecule has 4 aliphatic rings. The molecule has 0 radical (unpaired) electrons. The van der Waals surface area contributed by atoms with Crippen LogP contribution in [0.2, 0.25) is 0 Å². The molecule has 4 nitrogen and oxygen atoms in total. The third-order valence-electron chi connectivity index (χ3n) is 9.91. The molecule has 0 aromatic heterocycles. The van der Waals surface area contributed by atoms with E-state index in [4.69, 9.17) is 0 Å². The van der Waals surface area contributed by atoms with E-state index in [1.54, 1.807) is 0 Å². The Balaban J connectivity index is 0.00000150. The van der Waals surface area contributed by atoms with Crippen molar-refractivity contribution in [2.24, 2.45) is 46.3 Å². The first-order valence-corrected chi connectivity index (χ1v) is 11.2. The number of hydrogen-bond acceptors (Lipinski definition) is 3. The Hall–Kier alpha value is 1.03. The molecule has 10 atom stereocenters. The van der Waals surface area contributed by atoms with Crippen molar-refractivity contribution in [1.82, 2.24) is 0 Å².